The van der Waals surface area contributed by atoms with Crippen LogP contribution in [0.15, 0.2) is 46.9 Å². The molecule has 7 heteroatoms. The van der Waals surface area contributed by atoms with Crippen molar-refractivity contribution in [1.82, 2.24) is 4.90 Å². The number of carbonyl (C=O) groups excluding carboxylic acids is 3. The number of amides is 4. The fourth-order valence-electron chi connectivity index (χ4n) is 2.98. The van der Waals surface area contributed by atoms with E-state index in [1.165, 1.54) is 4.90 Å². The van der Waals surface area contributed by atoms with Crippen molar-refractivity contribution < 1.29 is 14.4 Å². The standard InChI is InChI=1S/C20H20BrN3O3/c1-12-4-7-16(8-5-12)24-14(3)19(26)23(20(24)27)11-18(25)22-15-6-9-17(21)13(2)10-15/h4-10,14H,11H2,1-3H3,(H,22,25)/t14-/m1/s1. The van der Waals surface area contributed by atoms with Crippen LogP contribution in [-0.4, -0.2) is 35.3 Å². The lowest BCUT2D eigenvalue weighted by Crippen LogP contribution is -2.39. The normalized spacial score (nSPS) is 16.8. The Bertz CT molecular complexity index is 911. The zero-order valence-electron chi connectivity index (χ0n) is 15.3. The number of hydrogen-bond donors (Lipinski definition) is 1. The van der Waals surface area contributed by atoms with Crippen molar-refractivity contribution in [2.24, 2.45) is 0 Å². The average molecular weight is 430 g/mol. The number of aryl methyl sites for hydroxylation is 2. The number of nitrogens with zero attached hydrogens (tertiary/aromatic N) is 2. The Morgan fingerprint density at radius 3 is 2.41 bits per heavy atom. The van der Waals surface area contributed by atoms with Crippen molar-refractivity contribution in [2.45, 2.75) is 26.8 Å². The Labute approximate surface area is 166 Å². The van der Waals surface area contributed by atoms with Crippen LogP contribution >= 0.6 is 15.9 Å². The minimum Gasteiger partial charge on any atom is -0.325 e. The Kier molecular flexibility index (Phi) is 5.32. The van der Waals surface area contributed by atoms with Gasteiger partial charge in [0.05, 0.1) is 0 Å². The van der Waals surface area contributed by atoms with Gasteiger partial charge >= 0.3 is 6.03 Å². The third kappa shape index (κ3) is 3.88. The number of urea groups is 1. The first-order chi connectivity index (χ1) is 12.8. The topological polar surface area (TPSA) is 69.7 Å². The summed E-state index contributed by atoms with van der Waals surface area (Å²) in [6.45, 7) is 5.20. The monoisotopic (exact) mass is 429 g/mol. The Hall–Kier alpha value is -2.67. The van der Waals surface area contributed by atoms with Crippen LogP contribution in [0.25, 0.3) is 0 Å². The molecule has 2 aromatic rings. The number of imide groups is 1. The summed E-state index contributed by atoms with van der Waals surface area (Å²) in [4.78, 5) is 40.0. The van der Waals surface area contributed by atoms with E-state index in [2.05, 4.69) is 21.2 Å². The van der Waals surface area contributed by atoms with Crippen molar-refractivity contribution in [2.75, 3.05) is 16.8 Å². The van der Waals surface area contributed by atoms with E-state index >= 15 is 0 Å². The van der Waals surface area contributed by atoms with E-state index in [0.29, 0.717) is 11.4 Å². The molecule has 0 aliphatic carbocycles. The van der Waals surface area contributed by atoms with E-state index in [9.17, 15) is 14.4 Å². The van der Waals surface area contributed by atoms with Crippen LogP contribution in [0.2, 0.25) is 0 Å². The van der Waals surface area contributed by atoms with Gasteiger partial charge in [-0.3, -0.25) is 19.4 Å². The molecule has 1 fully saturated rings. The van der Waals surface area contributed by atoms with E-state index in [1.54, 1.807) is 25.1 Å². The molecule has 140 valence electrons. The molecule has 0 spiro atoms. The molecule has 1 saturated heterocycles. The quantitative estimate of drug-likeness (QED) is 0.749. The summed E-state index contributed by atoms with van der Waals surface area (Å²) in [6, 6.07) is 11.6. The SMILES string of the molecule is Cc1ccc(N2C(=O)N(CC(=O)Nc3ccc(Br)c(C)c3)C(=O)[C@H]2C)cc1. The maximum Gasteiger partial charge on any atom is 0.332 e. The lowest BCUT2D eigenvalue weighted by molar-refractivity contribution is -0.130. The van der Waals surface area contributed by atoms with E-state index in [-0.39, 0.29) is 12.5 Å². The first-order valence-electron chi connectivity index (χ1n) is 8.55. The number of hydrogen-bond acceptors (Lipinski definition) is 3. The minimum absolute atomic E-state index is 0.320. The Morgan fingerprint density at radius 2 is 1.78 bits per heavy atom. The summed E-state index contributed by atoms with van der Waals surface area (Å²) in [5.74, 6) is -0.806. The highest BCUT2D eigenvalue weighted by molar-refractivity contribution is 9.10. The van der Waals surface area contributed by atoms with Gasteiger partial charge in [0.1, 0.15) is 12.6 Å². The molecule has 3 rings (SSSR count). The number of anilines is 2. The second-order valence-electron chi connectivity index (χ2n) is 6.60. The average Bonchev–Trinajstić information content (AvgIpc) is 2.83. The van der Waals surface area contributed by atoms with Crippen molar-refractivity contribution in [3.63, 3.8) is 0 Å². The summed E-state index contributed by atoms with van der Waals surface area (Å²) in [5.41, 5.74) is 3.28. The van der Waals surface area contributed by atoms with Gasteiger partial charge in [-0.2, -0.15) is 0 Å². The fourth-order valence-corrected chi connectivity index (χ4v) is 3.22. The second-order valence-corrected chi connectivity index (χ2v) is 7.45. The van der Waals surface area contributed by atoms with Crippen LogP contribution in [0.4, 0.5) is 16.2 Å². The lowest BCUT2D eigenvalue weighted by atomic mass is 10.2. The highest BCUT2D eigenvalue weighted by Gasteiger charge is 2.44. The first-order valence-corrected chi connectivity index (χ1v) is 9.34. The third-order valence-corrected chi connectivity index (χ3v) is 5.39. The maximum atomic E-state index is 12.7. The molecule has 0 unspecified atom stereocenters. The van der Waals surface area contributed by atoms with Gasteiger partial charge in [0.15, 0.2) is 0 Å². The second kappa shape index (κ2) is 7.52. The summed E-state index contributed by atoms with van der Waals surface area (Å²) in [6.07, 6.45) is 0. The summed E-state index contributed by atoms with van der Waals surface area (Å²) in [5, 5.41) is 2.73. The van der Waals surface area contributed by atoms with Gasteiger partial charge in [-0.1, -0.05) is 33.6 Å². The molecular weight excluding hydrogens is 410 g/mol. The van der Waals surface area contributed by atoms with Gasteiger partial charge in [0.2, 0.25) is 5.91 Å². The van der Waals surface area contributed by atoms with Crippen molar-refractivity contribution in [1.29, 1.82) is 0 Å². The van der Waals surface area contributed by atoms with E-state index in [0.717, 1.165) is 20.5 Å². The summed E-state index contributed by atoms with van der Waals surface area (Å²) >= 11 is 3.41. The van der Waals surface area contributed by atoms with Crippen LogP contribution in [0, 0.1) is 13.8 Å². The molecule has 27 heavy (non-hydrogen) atoms. The van der Waals surface area contributed by atoms with Crippen LogP contribution in [0.1, 0.15) is 18.1 Å². The van der Waals surface area contributed by atoms with Gasteiger partial charge in [-0.15, -0.1) is 0 Å². The van der Waals surface area contributed by atoms with Crippen LogP contribution in [0.5, 0.6) is 0 Å². The molecule has 2 aromatic carbocycles. The van der Waals surface area contributed by atoms with Gasteiger partial charge in [-0.25, -0.2) is 4.79 Å². The number of nitrogens with one attached hydrogen (secondary N) is 1. The van der Waals surface area contributed by atoms with E-state index in [1.807, 2.05) is 38.1 Å². The molecule has 1 atom stereocenters. The molecule has 1 aliphatic heterocycles. The summed E-state index contributed by atoms with van der Waals surface area (Å²) in [7, 11) is 0. The van der Waals surface area contributed by atoms with Crippen LogP contribution in [0.3, 0.4) is 0 Å². The molecule has 1 aliphatic rings. The van der Waals surface area contributed by atoms with Gasteiger partial charge in [-0.05, 0) is 56.7 Å². The highest BCUT2D eigenvalue weighted by Crippen LogP contribution is 2.26. The van der Waals surface area contributed by atoms with Crippen molar-refractivity contribution >= 4 is 45.2 Å². The van der Waals surface area contributed by atoms with Gasteiger partial charge < -0.3 is 5.32 Å². The molecule has 0 bridgehead atoms. The number of carbonyl (C=O) groups is 3. The molecule has 6 nitrogen and oxygen atoms in total. The summed E-state index contributed by atoms with van der Waals surface area (Å²) < 4.78 is 0.938. The molecule has 0 aromatic heterocycles. The first kappa shape index (κ1) is 19.1. The Balaban J connectivity index is 1.73. The van der Waals surface area contributed by atoms with E-state index < -0.39 is 18.0 Å². The number of rotatable bonds is 4. The Morgan fingerprint density at radius 1 is 1.11 bits per heavy atom. The zero-order chi connectivity index (χ0) is 19.7. The van der Waals surface area contributed by atoms with Gasteiger partial charge in [0, 0.05) is 15.8 Å². The van der Waals surface area contributed by atoms with Crippen molar-refractivity contribution in [3.8, 4) is 0 Å². The molecule has 1 N–H and O–H groups in total. The van der Waals surface area contributed by atoms with Gasteiger partial charge in [0.25, 0.3) is 5.91 Å². The molecule has 0 saturated carbocycles. The minimum atomic E-state index is -0.650. The van der Waals surface area contributed by atoms with E-state index in [4.69, 9.17) is 0 Å². The van der Waals surface area contributed by atoms with Crippen LogP contribution in [-0.2, 0) is 9.59 Å². The fraction of sp³-hybridized carbons (Fsp3) is 0.250. The van der Waals surface area contributed by atoms with Crippen molar-refractivity contribution in [3.05, 3.63) is 58.1 Å². The smallest absolute Gasteiger partial charge is 0.325 e. The largest absolute Gasteiger partial charge is 0.332 e. The van der Waals surface area contributed by atoms with Crippen LogP contribution < -0.4 is 10.2 Å². The number of halogens is 1. The lowest BCUT2D eigenvalue weighted by Gasteiger charge is -2.19. The zero-order valence-corrected chi connectivity index (χ0v) is 16.9. The predicted octanol–water partition coefficient (Wildman–Crippen LogP) is 3.86. The molecule has 4 amide bonds. The highest BCUT2D eigenvalue weighted by atomic mass is 79.9. The molecule has 1 heterocycles. The third-order valence-electron chi connectivity index (χ3n) is 4.50. The molecule has 0 radical (unpaired) electrons. The molecular formula is C20H20BrN3O3. The maximum absolute atomic E-state index is 12.7. The predicted molar refractivity (Wildman–Crippen MR) is 108 cm³/mol. The number of benzene rings is 2.